The van der Waals surface area contributed by atoms with Crippen LogP contribution in [0.25, 0.3) is 0 Å². The Hall–Kier alpha value is -3.41. The van der Waals surface area contributed by atoms with Crippen molar-refractivity contribution in [1.29, 1.82) is 0 Å². The highest BCUT2D eigenvalue weighted by atomic mass is 15.1. The number of anilines is 1. The SMILES string of the molecule is c1cc(N=Nc2ccc(N=Nc3ccc(N4CCCC4)cc3)cc2)ccn1. The Labute approximate surface area is 158 Å². The Bertz CT molecular complexity index is 911. The Morgan fingerprint density at radius 2 is 0.963 bits per heavy atom. The summed E-state index contributed by atoms with van der Waals surface area (Å²) in [5, 5.41) is 17.0. The zero-order valence-electron chi connectivity index (χ0n) is 14.9. The molecule has 1 aromatic heterocycles. The zero-order valence-corrected chi connectivity index (χ0v) is 14.9. The molecule has 0 bridgehead atoms. The van der Waals surface area contributed by atoms with Gasteiger partial charge in [0, 0.05) is 31.2 Å². The molecule has 0 atom stereocenters. The molecule has 6 nitrogen and oxygen atoms in total. The van der Waals surface area contributed by atoms with Gasteiger partial charge in [-0.25, -0.2) is 0 Å². The van der Waals surface area contributed by atoms with Crippen LogP contribution in [0.3, 0.4) is 0 Å². The van der Waals surface area contributed by atoms with Crippen LogP contribution in [0.4, 0.5) is 28.4 Å². The molecule has 1 aliphatic heterocycles. The molecule has 6 heteroatoms. The molecule has 2 heterocycles. The first kappa shape index (κ1) is 17.0. The van der Waals surface area contributed by atoms with E-state index in [9.17, 15) is 0 Å². The summed E-state index contributed by atoms with van der Waals surface area (Å²) < 4.78 is 0. The van der Waals surface area contributed by atoms with Crippen molar-refractivity contribution in [1.82, 2.24) is 4.98 Å². The van der Waals surface area contributed by atoms with E-state index in [-0.39, 0.29) is 0 Å². The van der Waals surface area contributed by atoms with Crippen LogP contribution in [0, 0.1) is 0 Å². The number of nitrogens with zero attached hydrogens (tertiary/aromatic N) is 6. The van der Waals surface area contributed by atoms with E-state index in [1.807, 2.05) is 36.4 Å². The van der Waals surface area contributed by atoms with E-state index in [0.717, 1.165) is 35.8 Å². The molecule has 1 aliphatic rings. The van der Waals surface area contributed by atoms with Crippen molar-refractivity contribution >= 4 is 28.4 Å². The van der Waals surface area contributed by atoms with Crippen molar-refractivity contribution in [2.45, 2.75) is 12.8 Å². The molecule has 0 amide bonds. The minimum absolute atomic E-state index is 0.765. The predicted octanol–water partition coefficient (Wildman–Crippen LogP) is 6.51. The number of benzene rings is 2. The molecule has 4 rings (SSSR count). The maximum atomic E-state index is 4.31. The molecule has 1 fully saturated rings. The lowest BCUT2D eigenvalue weighted by Gasteiger charge is -2.17. The summed E-state index contributed by atoms with van der Waals surface area (Å²) in [6.07, 6.45) is 5.93. The van der Waals surface area contributed by atoms with Gasteiger partial charge in [-0.3, -0.25) is 4.98 Å². The highest BCUT2D eigenvalue weighted by Crippen LogP contribution is 2.26. The van der Waals surface area contributed by atoms with E-state index in [0.29, 0.717) is 0 Å². The van der Waals surface area contributed by atoms with Gasteiger partial charge in [-0.1, -0.05) is 0 Å². The molecule has 27 heavy (non-hydrogen) atoms. The van der Waals surface area contributed by atoms with Gasteiger partial charge in [0.05, 0.1) is 22.7 Å². The standard InChI is InChI=1S/C21H20N6/c1-2-16-27(15-1)21-9-7-19(8-10-21)25-23-17-3-5-18(6-4-17)24-26-20-11-13-22-14-12-20/h3-14H,1-2,15-16H2. The van der Waals surface area contributed by atoms with Crippen LogP contribution >= 0.6 is 0 Å². The van der Waals surface area contributed by atoms with Gasteiger partial charge in [-0.05, 0) is 73.5 Å². The first-order valence-electron chi connectivity index (χ1n) is 9.05. The van der Waals surface area contributed by atoms with Crippen LogP contribution in [-0.4, -0.2) is 18.1 Å². The third-order valence-corrected chi connectivity index (χ3v) is 4.40. The summed E-state index contributed by atoms with van der Waals surface area (Å²) in [5.74, 6) is 0. The quantitative estimate of drug-likeness (QED) is 0.489. The maximum absolute atomic E-state index is 4.31. The van der Waals surface area contributed by atoms with Gasteiger partial charge in [0.25, 0.3) is 0 Å². The number of pyridine rings is 1. The van der Waals surface area contributed by atoms with Crippen LogP contribution in [0.15, 0.2) is 93.5 Å². The fraction of sp³-hybridized carbons (Fsp3) is 0.190. The van der Waals surface area contributed by atoms with Crippen molar-refractivity contribution in [3.63, 3.8) is 0 Å². The van der Waals surface area contributed by atoms with Gasteiger partial charge >= 0.3 is 0 Å². The maximum Gasteiger partial charge on any atom is 0.0887 e. The summed E-state index contributed by atoms with van der Waals surface area (Å²) in [5.41, 5.74) is 4.42. The average molecular weight is 356 g/mol. The van der Waals surface area contributed by atoms with Gasteiger partial charge < -0.3 is 4.90 Å². The minimum atomic E-state index is 0.765. The van der Waals surface area contributed by atoms with Crippen molar-refractivity contribution < 1.29 is 0 Å². The molecule has 0 spiro atoms. The third kappa shape index (κ3) is 4.61. The van der Waals surface area contributed by atoms with E-state index in [1.54, 1.807) is 24.5 Å². The summed E-state index contributed by atoms with van der Waals surface area (Å²) in [6.45, 7) is 2.29. The second-order valence-electron chi connectivity index (χ2n) is 6.33. The fourth-order valence-electron chi connectivity index (χ4n) is 2.93. The summed E-state index contributed by atoms with van der Waals surface area (Å²) in [7, 11) is 0. The van der Waals surface area contributed by atoms with E-state index >= 15 is 0 Å². The normalized spacial score (nSPS) is 14.4. The van der Waals surface area contributed by atoms with E-state index < -0.39 is 0 Å². The Morgan fingerprint density at radius 1 is 0.556 bits per heavy atom. The molecule has 0 N–H and O–H groups in total. The molecule has 1 saturated heterocycles. The summed E-state index contributed by atoms with van der Waals surface area (Å²) in [6, 6.07) is 19.4. The molecule has 0 radical (unpaired) electrons. The predicted molar refractivity (Wildman–Crippen MR) is 107 cm³/mol. The van der Waals surface area contributed by atoms with Crippen molar-refractivity contribution in [3.05, 3.63) is 73.1 Å². The second kappa shape index (κ2) is 8.31. The summed E-state index contributed by atoms with van der Waals surface area (Å²) >= 11 is 0. The molecular formula is C21H20N6. The molecule has 2 aromatic carbocycles. The first-order chi connectivity index (χ1) is 13.4. The van der Waals surface area contributed by atoms with Crippen LogP contribution in [0.5, 0.6) is 0 Å². The lowest BCUT2D eigenvalue weighted by molar-refractivity contribution is 0.949. The number of azo groups is 2. The average Bonchev–Trinajstić information content (AvgIpc) is 3.28. The fourth-order valence-corrected chi connectivity index (χ4v) is 2.93. The molecule has 0 saturated carbocycles. The molecule has 0 aliphatic carbocycles. The van der Waals surface area contributed by atoms with E-state index in [4.69, 9.17) is 0 Å². The smallest absolute Gasteiger partial charge is 0.0887 e. The Morgan fingerprint density at radius 3 is 1.44 bits per heavy atom. The van der Waals surface area contributed by atoms with E-state index in [1.165, 1.54) is 18.5 Å². The minimum Gasteiger partial charge on any atom is -0.372 e. The number of rotatable bonds is 5. The number of hydrogen-bond donors (Lipinski definition) is 0. The highest BCUT2D eigenvalue weighted by molar-refractivity contribution is 5.53. The van der Waals surface area contributed by atoms with Crippen LogP contribution in [0.1, 0.15) is 12.8 Å². The largest absolute Gasteiger partial charge is 0.372 e. The lowest BCUT2D eigenvalue weighted by atomic mass is 10.2. The lowest BCUT2D eigenvalue weighted by Crippen LogP contribution is -2.17. The molecule has 3 aromatic rings. The van der Waals surface area contributed by atoms with Crippen LogP contribution < -0.4 is 4.90 Å². The number of hydrogen-bond acceptors (Lipinski definition) is 6. The van der Waals surface area contributed by atoms with Crippen LogP contribution in [0.2, 0.25) is 0 Å². The molecule has 134 valence electrons. The summed E-state index contributed by atoms with van der Waals surface area (Å²) in [4.78, 5) is 6.36. The van der Waals surface area contributed by atoms with Crippen molar-refractivity contribution in [2.24, 2.45) is 20.5 Å². The monoisotopic (exact) mass is 356 g/mol. The number of aromatic nitrogens is 1. The van der Waals surface area contributed by atoms with Gasteiger partial charge in [-0.15, -0.1) is 0 Å². The highest BCUT2D eigenvalue weighted by Gasteiger charge is 2.11. The molecule has 0 unspecified atom stereocenters. The molecular weight excluding hydrogens is 336 g/mol. The first-order valence-corrected chi connectivity index (χ1v) is 9.05. The topological polar surface area (TPSA) is 65.6 Å². The van der Waals surface area contributed by atoms with Crippen molar-refractivity contribution in [3.8, 4) is 0 Å². The van der Waals surface area contributed by atoms with Gasteiger partial charge in [0.15, 0.2) is 0 Å². The van der Waals surface area contributed by atoms with Crippen molar-refractivity contribution in [2.75, 3.05) is 18.0 Å². The van der Waals surface area contributed by atoms with Gasteiger partial charge in [0.2, 0.25) is 0 Å². The third-order valence-electron chi connectivity index (χ3n) is 4.40. The van der Waals surface area contributed by atoms with Crippen LogP contribution in [-0.2, 0) is 0 Å². The van der Waals surface area contributed by atoms with E-state index in [2.05, 4.69) is 42.5 Å². The second-order valence-corrected chi connectivity index (χ2v) is 6.33. The van der Waals surface area contributed by atoms with Gasteiger partial charge in [-0.2, -0.15) is 20.5 Å². The zero-order chi connectivity index (χ0) is 18.3. The Balaban J connectivity index is 1.38. The Kier molecular flexibility index (Phi) is 5.24. The van der Waals surface area contributed by atoms with Gasteiger partial charge in [0.1, 0.15) is 0 Å².